The maximum Gasteiger partial charge on any atom is 0.264 e. The highest BCUT2D eigenvalue weighted by Crippen LogP contribution is 2.30. The summed E-state index contributed by atoms with van der Waals surface area (Å²) in [5.74, 6) is 0. The van der Waals surface area contributed by atoms with Crippen LogP contribution < -0.4 is 10.9 Å². The van der Waals surface area contributed by atoms with Crippen molar-refractivity contribution in [3.05, 3.63) is 112 Å². The van der Waals surface area contributed by atoms with Gasteiger partial charge in [-0.05, 0) is 48.7 Å². The van der Waals surface area contributed by atoms with E-state index in [9.17, 15) is 4.79 Å². The van der Waals surface area contributed by atoms with Crippen molar-refractivity contribution >= 4 is 49.6 Å². The van der Waals surface area contributed by atoms with Crippen LogP contribution >= 0.6 is 22.9 Å². The topological polar surface area (TPSA) is 46.9 Å². The largest absolute Gasteiger partial charge is 0.377 e. The van der Waals surface area contributed by atoms with Gasteiger partial charge in [0, 0.05) is 34.2 Å². The van der Waals surface area contributed by atoms with Crippen LogP contribution in [0.1, 0.15) is 24.2 Å². The summed E-state index contributed by atoms with van der Waals surface area (Å²) in [5, 5.41) is 7.32. The molecule has 0 bridgehead atoms. The summed E-state index contributed by atoms with van der Waals surface area (Å²) in [7, 11) is 0. The van der Waals surface area contributed by atoms with E-state index < -0.39 is 0 Å². The van der Waals surface area contributed by atoms with E-state index in [0.717, 1.165) is 38.2 Å². The minimum Gasteiger partial charge on any atom is -0.377 e. The van der Waals surface area contributed by atoms with Crippen molar-refractivity contribution in [2.24, 2.45) is 0 Å². The van der Waals surface area contributed by atoms with Crippen LogP contribution in [0.5, 0.6) is 0 Å². The monoisotopic (exact) mass is 457 g/mol. The van der Waals surface area contributed by atoms with Gasteiger partial charge in [0.05, 0.1) is 26.7 Å². The van der Waals surface area contributed by atoms with Crippen LogP contribution in [0.15, 0.2) is 89.7 Å². The van der Waals surface area contributed by atoms with Gasteiger partial charge in [0.2, 0.25) is 0 Å². The lowest BCUT2D eigenvalue weighted by molar-refractivity contribution is 0.652. The average Bonchev–Trinajstić information content (AvgIpc) is 3.24. The van der Waals surface area contributed by atoms with Gasteiger partial charge in [-0.2, -0.15) is 0 Å². The Labute approximate surface area is 194 Å². The average molecular weight is 458 g/mol. The lowest BCUT2D eigenvalue weighted by atomic mass is 10.1. The Bertz CT molecular complexity index is 1520. The number of thiophene rings is 1. The normalized spacial score (nSPS) is 12.2. The quantitative estimate of drug-likeness (QED) is 0.324. The second-order valence-electron chi connectivity index (χ2n) is 7.59. The highest BCUT2D eigenvalue weighted by Gasteiger charge is 2.19. The summed E-state index contributed by atoms with van der Waals surface area (Å²) < 4.78 is 2.84. The van der Waals surface area contributed by atoms with Crippen LogP contribution in [0.3, 0.4) is 0 Å². The number of fused-ring (bicyclic) bond motifs is 2. The molecule has 0 unspecified atom stereocenters. The highest BCUT2D eigenvalue weighted by atomic mass is 35.5. The number of hydrogen-bond acceptors (Lipinski definition) is 4. The smallest absolute Gasteiger partial charge is 0.264 e. The van der Waals surface area contributed by atoms with Gasteiger partial charge in [-0.1, -0.05) is 48.5 Å². The molecule has 0 saturated carbocycles. The van der Waals surface area contributed by atoms with E-state index in [1.54, 1.807) is 28.2 Å². The maximum atomic E-state index is 13.6. The van der Waals surface area contributed by atoms with Crippen molar-refractivity contribution in [3.63, 3.8) is 0 Å². The molecule has 6 heteroatoms. The minimum atomic E-state index is -0.197. The fourth-order valence-electron chi connectivity index (χ4n) is 3.99. The third-order valence-electron chi connectivity index (χ3n) is 5.53. The number of para-hydroxylation sites is 1. The van der Waals surface area contributed by atoms with Gasteiger partial charge in [0.25, 0.3) is 5.56 Å². The lowest BCUT2D eigenvalue weighted by Crippen LogP contribution is -2.28. The first-order valence-electron chi connectivity index (χ1n) is 10.2. The molecule has 0 amide bonds. The summed E-state index contributed by atoms with van der Waals surface area (Å²) >= 11 is 8.05. The molecular formula is C26H20ClN3OS. The molecule has 0 saturated heterocycles. The molecule has 0 aliphatic heterocycles. The standard InChI is InChI=1S/C26H20ClN3OS/c1-16(20-15-32-23-12-7-13-28-25(20)23)29-17(2)22-14-18-8-6-11-21(27)24(18)26(31)30(22)19-9-4-3-5-10-19/h3-15,17,29H,1H2,2H3/t17-/m0/s1. The molecule has 5 rings (SSSR count). The van der Waals surface area contributed by atoms with Gasteiger partial charge in [-0.25, -0.2) is 0 Å². The van der Waals surface area contributed by atoms with Crippen LogP contribution in [0.2, 0.25) is 5.02 Å². The van der Waals surface area contributed by atoms with Crippen molar-refractivity contribution in [1.29, 1.82) is 0 Å². The van der Waals surface area contributed by atoms with Gasteiger partial charge >= 0.3 is 0 Å². The summed E-state index contributed by atoms with van der Waals surface area (Å²) in [6.45, 7) is 6.29. The zero-order chi connectivity index (χ0) is 22.2. The fraction of sp³-hybridized carbons (Fsp3) is 0.0769. The first-order valence-corrected chi connectivity index (χ1v) is 11.5. The van der Waals surface area contributed by atoms with Crippen LogP contribution in [-0.4, -0.2) is 9.55 Å². The number of halogens is 1. The number of nitrogens with zero attached hydrogens (tertiary/aromatic N) is 2. The van der Waals surface area contributed by atoms with Crippen LogP contribution in [-0.2, 0) is 0 Å². The third kappa shape index (κ3) is 3.49. The zero-order valence-corrected chi connectivity index (χ0v) is 19.0. The number of benzene rings is 2. The summed E-state index contributed by atoms with van der Waals surface area (Å²) in [6.07, 6.45) is 1.79. The predicted octanol–water partition coefficient (Wildman–Crippen LogP) is 6.58. The van der Waals surface area contributed by atoms with Gasteiger partial charge < -0.3 is 5.32 Å². The van der Waals surface area contributed by atoms with E-state index in [0.29, 0.717) is 10.4 Å². The fourth-order valence-corrected chi connectivity index (χ4v) is 5.19. The molecule has 1 atom stereocenters. The third-order valence-corrected chi connectivity index (χ3v) is 6.78. The van der Waals surface area contributed by atoms with Crippen molar-refractivity contribution in [1.82, 2.24) is 14.9 Å². The van der Waals surface area contributed by atoms with Gasteiger partial charge in [-0.3, -0.25) is 14.3 Å². The number of hydrogen-bond donors (Lipinski definition) is 1. The van der Waals surface area contributed by atoms with E-state index in [2.05, 4.69) is 22.3 Å². The second kappa shape index (κ2) is 8.26. The molecule has 32 heavy (non-hydrogen) atoms. The number of aromatic nitrogens is 2. The van der Waals surface area contributed by atoms with E-state index in [-0.39, 0.29) is 11.6 Å². The Morgan fingerprint density at radius 2 is 1.94 bits per heavy atom. The second-order valence-corrected chi connectivity index (χ2v) is 8.91. The summed E-state index contributed by atoms with van der Waals surface area (Å²) in [4.78, 5) is 18.1. The molecule has 1 N–H and O–H groups in total. The summed E-state index contributed by atoms with van der Waals surface area (Å²) in [6, 6.07) is 20.9. The molecule has 3 heterocycles. The number of rotatable bonds is 5. The number of pyridine rings is 2. The first-order chi connectivity index (χ1) is 15.5. The molecule has 5 aromatic rings. The Balaban J connectivity index is 1.62. The first kappa shape index (κ1) is 20.5. The Hall–Kier alpha value is -3.41. The predicted molar refractivity (Wildman–Crippen MR) is 135 cm³/mol. The van der Waals surface area contributed by atoms with Gasteiger partial charge in [-0.15, -0.1) is 11.3 Å². The van der Waals surface area contributed by atoms with E-state index in [1.165, 1.54) is 0 Å². The van der Waals surface area contributed by atoms with E-state index in [1.807, 2.05) is 67.6 Å². The minimum absolute atomic E-state index is 0.142. The van der Waals surface area contributed by atoms with E-state index >= 15 is 0 Å². The van der Waals surface area contributed by atoms with Crippen LogP contribution in [0, 0.1) is 0 Å². The van der Waals surface area contributed by atoms with Crippen LogP contribution in [0.25, 0.3) is 32.4 Å². The van der Waals surface area contributed by atoms with Gasteiger partial charge in [0.15, 0.2) is 0 Å². The highest BCUT2D eigenvalue weighted by molar-refractivity contribution is 7.17. The molecule has 158 valence electrons. The zero-order valence-electron chi connectivity index (χ0n) is 17.4. The van der Waals surface area contributed by atoms with Crippen molar-refractivity contribution < 1.29 is 0 Å². The van der Waals surface area contributed by atoms with Crippen molar-refractivity contribution in [2.75, 3.05) is 0 Å². The van der Waals surface area contributed by atoms with E-state index in [4.69, 9.17) is 11.6 Å². The van der Waals surface area contributed by atoms with Crippen molar-refractivity contribution in [2.45, 2.75) is 13.0 Å². The summed E-state index contributed by atoms with van der Waals surface area (Å²) in [5.41, 5.74) is 4.13. The molecule has 4 nitrogen and oxygen atoms in total. The molecule has 0 spiro atoms. The number of nitrogens with one attached hydrogen (secondary N) is 1. The molecule has 0 fully saturated rings. The Morgan fingerprint density at radius 3 is 2.75 bits per heavy atom. The maximum absolute atomic E-state index is 13.6. The SMILES string of the molecule is C=C(N[C@@H](C)c1cc2cccc(Cl)c2c(=O)n1-c1ccccc1)c1csc2cccnc12. The van der Waals surface area contributed by atoms with Gasteiger partial charge in [0.1, 0.15) is 0 Å². The van der Waals surface area contributed by atoms with Crippen molar-refractivity contribution in [3.8, 4) is 5.69 Å². The molecule has 0 aliphatic rings. The molecule has 0 aliphatic carbocycles. The Morgan fingerprint density at radius 1 is 1.12 bits per heavy atom. The molecule has 2 aromatic carbocycles. The van der Waals surface area contributed by atoms with Crippen LogP contribution in [0.4, 0.5) is 0 Å². The Kier molecular flexibility index (Phi) is 5.29. The lowest BCUT2D eigenvalue weighted by Gasteiger charge is -2.22. The molecule has 3 aromatic heterocycles. The molecular weight excluding hydrogens is 438 g/mol. The molecule has 0 radical (unpaired) electrons.